The van der Waals surface area contributed by atoms with E-state index >= 15 is 0 Å². The number of thiol groups is 2. The van der Waals surface area contributed by atoms with Gasteiger partial charge >= 0.3 is 5.97 Å². The first-order valence-corrected chi connectivity index (χ1v) is 5.77. The Morgan fingerprint density at radius 2 is 2.08 bits per heavy atom. The molecule has 13 heavy (non-hydrogen) atoms. The van der Waals surface area contributed by atoms with Crippen molar-refractivity contribution in [3.8, 4) is 0 Å². The fourth-order valence-electron chi connectivity index (χ4n) is 1.25. The molecule has 2 unspecified atom stereocenters. The fraction of sp³-hybridized carbons (Fsp3) is 0.889. The lowest BCUT2D eigenvalue weighted by atomic mass is 9.98. The number of rotatable bonds is 7. The van der Waals surface area contributed by atoms with Gasteiger partial charge in [0.1, 0.15) is 0 Å². The Hall–Kier alpha value is 0.170. The van der Waals surface area contributed by atoms with E-state index in [1.54, 1.807) is 0 Å². The Morgan fingerprint density at radius 1 is 1.46 bits per heavy atom. The highest BCUT2D eigenvalue weighted by molar-refractivity contribution is 7.81. The zero-order valence-electron chi connectivity index (χ0n) is 7.94. The summed E-state index contributed by atoms with van der Waals surface area (Å²) in [5, 5.41) is 8.81. The van der Waals surface area contributed by atoms with Crippen LogP contribution >= 0.6 is 25.3 Å². The summed E-state index contributed by atoms with van der Waals surface area (Å²) < 4.78 is 0. The second kappa shape index (κ2) is 7.56. The third kappa shape index (κ3) is 6.27. The van der Waals surface area contributed by atoms with Crippen molar-refractivity contribution in [2.24, 2.45) is 5.92 Å². The molecule has 2 atom stereocenters. The van der Waals surface area contributed by atoms with Crippen LogP contribution in [-0.4, -0.2) is 22.1 Å². The molecule has 0 aliphatic heterocycles. The van der Waals surface area contributed by atoms with Gasteiger partial charge in [-0.2, -0.15) is 25.3 Å². The molecule has 0 amide bonds. The second-order valence-corrected chi connectivity index (χ2v) is 4.26. The van der Waals surface area contributed by atoms with Crippen LogP contribution in [0.2, 0.25) is 0 Å². The zero-order chi connectivity index (χ0) is 10.3. The van der Waals surface area contributed by atoms with E-state index in [0.29, 0.717) is 17.6 Å². The minimum atomic E-state index is -0.733. The van der Waals surface area contributed by atoms with Crippen LogP contribution in [0.3, 0.4) is 0 Å². The Kier molecular flexibility index (Phi) is 7.66. The molecule has 78 valence electrons. The number of hydrogen-bond acceptors (Lipinski definition) is 3. The van der Waals surface area contributed by atoms with Gasteiger partial charge in [0.25, 0.3) is 0 Å². The summed E-state index contributed by atoms with van der Waals surface area (Å²) in [7, 11) is 0. The number of aliphatic carboxylic acids is 1. The van der Waals surface area contributed by atoms with Gasteiger partial charge in [-0.1, -0.05) is 13.3 Å². The normalized spacial score (nSPS) is 15.3. The van der Waals surface area contributed by atoms with Gasteiger partial charge in [-0.25, -0.2) is 0 Å². The quantitative estimate of drug-likeness (QED) is 0.579. The highest BCUT2D eigenvalue weighted by atomic mass is 32.1. The summed E-state index contributed by atoms with van der Waals surface area (Å²) in [6.45, 7) is 2.11. The monoisotopic (exact) mass is 222 g/mol. The molecular weight excluding hydrogens is 204 g/mol. The third-order valence-electron chi connectivity index (χ3n) is 2.09. The van der Waals surface area contributed by atoms with Crippen molar-refractivity contribution in [1.29, 1.82) is 0 Å². The Balaban J connectivity index is 3.79. The van der Waals surface area contributed by atoms with E-state index in [9.17, 15) is 4.79 Å². The lowest BCUT2D eigenvalue weighted by Gasteiger charge is -2.19. The number of hydrogen-bond donors (Lipinski definition) is 3. The summed E-state index contributed by atoms with van der Waals surface area (Å²) in [5.41, 5.74) is 0. The van der Waals surface area contributed by atoms with E-state index in [1.807, 2.05) is 0 Å². The minimum absolute atomic E-state index is 0.228. The SMILES string of the molecule is CCCC(S)C(CS)CCC(=O)O. The molecular formula is C9H18O2S2. The molecule has 0 rings (SSSR count). The molecule has 0 heterocycles. The highest BCUT2D eigenvalue weighted by Crippen LogP contribution is 2.21. The van der Waals surface area contributed by atoms with E-state index in [4.69, 9.17) is 5.11 Å². The average molecular weight is 222 g/mol. The molecule has 0 fully saturated rings. The molecule has 0 aromatic rings. The van der Waals surface area contributed by atoms with Gasteiger partial charge in [0.15, 0.2) is 0 Å². The van der Waals surface area contributed by atoms with E-state index < -0.39 is 5.97 Å². The van der Waals surface area contributed by atoms with Crippen LogP contribution in [0.4, 0.5) is 0 Å². The molecule has 0 aliphatic rings. The number of carboxylic acids is 1. The minimum Gasteiger partial charge on any atom is -0.481 e. The molecule has 0 aliphatic carbocycles. The maximum absolute atomic E-state index is 10.4. The molecule has 0 spiro atoms. The van der Waals surface area contributed by atoms with Crippen LogP contribution in [0.5, 0.6) is 0 Å². The van der Waals surface area contributed by atoms with Crippen LogP contribution in [0.15, 0.2) is 0 Å². The van der Waals surface area contributed by atoms with Crippen molar-refractivity contribution in [1.82, 2.24) is 0 Å². The van der Waals surface area contributed by atoms with Gasteiger partial charge in [-0.3, -0.25) is 4.79 Å². The molecule has 0 aromatic heterocycles. The number of carbonyl (C=O) groups is 1. The summed E-state index contributed by atoms with van der Waals surface area (Å²) in [6, 6.07) is 0. The molecule has 0 aromatic carbocycles. The second-order valence-electron chi connectivity index (χ2n) is 3.23. The van der Waals surface area contributed by atoms with Crippen LogP contribution < -0.4 is 0 Å². The van der Waals surface area contributed by atoms with E-state index in [0.717, 1.165) is 18.6 Å². The van der Waals surface area contributed by atoms with Crippen LogP contribution in [-0.2, 0) is 4.79 Å². The lowest BCUT2D eigenvalue weighted by Crippen LogP contribution is -2.18. The Morgan fingerprint density at radius 3 is 2.46 bits per heavy atom. The third-order valence-corrected chi connectivity index (χ3v) is 3.24. The van der Waals surface area contributed by atoms with E-state index in [1.165, 1.54) is 0 Å². The fourth-order valence-corrected chi connectivity index (χ4v) is 2.36. The van der Waals surface area contributed by atoms with Crippen molar-refractivity contribution >= 4 is 31.2 Å². The maximum atomic E-state index is 10.4. The van der Waals surface area contributed by atoms with Crippen molar-refractivity contribution < 1.29 is 9.90 Å². The molecule has 0 saturated carbocycles. The molecule has 0 bridgehead atoms. The topological polar surface area (TPSA) is 37.3 Å². The smallest absolute Gasteiger partial charge is 0.303 e. The first kappa shape index (κ1) is 13.2. The van der Waals surface area contributed by atoms with Gasteiger partial charge in [-0.15, -0.1) is 0 Å². The predicted octanol–water partition coefficient (Wildman–Crippen LogP) is 2.50. The van der Waals surface area contributed by atoms with Crippen LogP contribution in [0.25, 0.3) is 0 Å². The maximum Gasteiger partial charge on any atom is 0.303 e. The molecule has 2 nitrogen and oxygen atoms in total. The Labute approximate surface area is 90.9 Å². The molecule has 1 N–H and O–H groups in total. The highest BCUT2D eigenvalue weighted by Gasteiger charge is 2.16. The lowest BCUT2D eigenvalue weighted by molar-refractivity contribution is -0.137. The van der Waals surface area contributed by atoms with E-state index in [-0.39, 0.29) is 6.42 Å². The van der Waals surface area contributed by atoms with Crippen molar-refractivity contribution in [3.63, 3.8) is 0 Å². The van der Waals surface area contributed by atoms with Crippen LogP contribution in [0, 0.1) is 5.92 Å². The summed E-state index contributed by atoms with van der Waals surface area (Å²) >= 11 is 8.65. The summed E-state index contributed by atoms with van der Waals surface area (Å²) in [6.07, 6.45) is 3.04. The van der Waals surface area contributed by atoms with Crippen molar-refractivity contribution in [3.05, 3.63) is 0 Å². The summed E-state index contributed by atoms with van der Waals surface area (Å²) in [5.74, 6) is 0.313. The average Bonchev–Trinajstić information content (AvgIpc) is 2.05. The van der Waals surface area contributed by atoms with Gasteiger partial charge in [0.05, 0.1) is 0 Å². The first-order chi connectivity index (χ1) is 6.11. The molecule has 0 radical (unpaired) electrons. The predicted molar refractivity (Wildman–Crippen MR) is 61.9 cm³/mol. The van der Waals surface area contributed by atoms with Crippen molar-refractivity contribution in [2.45, 2.75) is 37.9 Å². The van der Waals surface area contributed by atoms with Crippen LogP contribution in [0.1, 0.15) is 32.6 Å². The largest absolute Gasteiger partial charge is 0.481 e. The Bertz CT molecular complexity index is 151. The van der Waals surface area contributed by atoms with Gasteiger partial charge in [-0.05, 0) is 24.5 Å². The van der Waals surface area contributed by atoms with Gasteiger partial charge in [0.2, 0.25) is 0 Å². The number of carboxylic acid groups (broad SMARTS) is 1. The van der Waals surface area contributed by atoms with Crippen molar-refractivity contribution in [2.75, 3.05) is 5.75 Å². The first-order valence-electron chi connectivity index (χ1n) is 4.62. The van der Waals surface area contributed by atoms with Gasteiger partial charge in [0, 0.05) is 11.7 Å². The summed E-state index contributed by atoms with van der Waals surface area (Å²) in [4.78, 5) is 10.4. The molecule has 4 heteroatoms. The molecule has 0 saturated heterocycles. The standard InChI is InChI=1S/C9H18O2S2/c1-2-3-8(13)7(6-12)4-5-9(10)11/h7-8,12-13H,2-6H2,1H3,(H,10,11). The van der Waals surface area contributed by atoms with Gasteiger partial charge < -0.3 is 5.11 Å². The zero-order valence-corrected chi connectivity index (χ0v) is 9.73. The van der Waals surface area contributed by atoms with E-state index in [2.05, 4.69) is 32.2 Å².